The van der Waals surface area contributed by atoms with Gasteiger partial charge in [-0.25, -0.2) is 0 Å². The Morgan fingerprint density at radius 1 is 1.60 bits per heavy atom. The lowest BCUT2D eigenvalue weighted by Gasteiger charge is -2.20. The van der Waals surface area contributed by atoms with Gasteiger partial charge in [0.1, 0.15) is 0 Å². The molecule has 0 saturated heterocycles. The van der Waals surface area contributed by atoms with Gasteiger partial charge in [0.05, 0.1) is 6.61 Å². The van der Waals surface area contributed by atoms with Crippen LogP contribution in [-0.2, 0) is 9.53 Å². The Bertz CT molecular complexity index is 314. The lowest BCUT2D eigenvalue weighted by atomic mass is 9.89. The van der Waals surface area contributed by atoms with Crippen LogP contribution in [0.5, 0.6) is 0 Å². The van der Waals surface area contributed by atoms with Crippen LogP contribution >= 0.6 is 0 Å². The van der Waals surface area contributed by atoms with Gasteiger partial charge in [0.15, 0.2) is 0 Å². The van der Waals surface area contributed by atoms with Crippen molar-refractivity contribution in [2.75, 3.05) is 6.61 Å². The Hall–Kier alpha value is -0.790. The molecule has 0 N–H and O–H groups in total. The van der Waals surface area contributed by atoms with Crippen LogP contribution < -0.4 is 0 Å². The number of esters is 1. The molecule has 15 heavy (non-hydrogen) atoms. The maximum atomic E-state index is 10.8. The molecular formula is C13H20O2. The second-order valence-electron chi connectivity index (χ2n) is 5.60. The molecule has 2 rings (SSSR count). The van der Waals surface area contributed by atoms with E-state index < -0.39 is 0 Å². The highest BCUT2D eigenvalue weighted by molar-refractivity contribution is 5.65. The number of hydrogen-bond acceptors (Lipinski definition) is 2. The summed E-state index contributed by atoms with van der Waals surface area (Å²) in [7, 11) is 0. The summed E-state index contributed by atoms with van der Waals surface area (Å²) in [4.78, 5) is 10.8. The third-order valence-corrected chi connectivity index (χ3v) is 4.25. The van der Waals surface area contributed by atoms with Crippen LogP contribution in [-0.4, -0.2) is 12.6 Å². The van der Waals surface area contributed by atoms with Gasteiger partial charge in [0.2, 0.25) is 0 Å². The highest BCUT2D eigenvalue weighted by Crippen LogP contribution is 2.64. The number of rotatable bonds is 2. The molecule has 2 heteroatoms. The van der Waals surface area contributed by atoms with Gasteiger partial charge in [-0.1, -0.05) is 25.5 Å². The smallest absolute Gasteiger partial charge is 0.302 e. The van der Waals surface area contributed by atoms with E-state index >= 15 is 0 Å². The molecule has 1 saturated carbocycles. The third-order valence-electron chi connectivity index (χ3n) is 4.25. The van der Waals surface area contributed by atoms with Crippen LogP contribution in [0.3, 0.4) is 0 Å². The summed E-state index contributed by atoms with van der Waals surface area (Å²) < 4.78 is 5.11. The average Bonchev–Trinajstić information content (AvgIpc) is 2.64. The van der Waals surface area contributed by atoms with Crippen LogP contribution in [0, 0.1) is 23.2 Å². The summed E-state index contributed by atoms with van der Waals surface area (Å²) in [6, 6.07) is 0. The first-order chi connectivity index (χ1) is 6.93. The molecule has 0 spiro atoms. The fraction of sp³-hybridized carbons (Fsp3) is 0.769. The van der Waals surface area contributed by atoms with E-state index in [1.165, 1.54) is 18.9 Å². The number of carbonyl (C=O) groups is 1. The normalized spacial score (nSPS) is 36.5. The van der Waals surface area contributed by atoms with E-state index in [2.05, 4.69) is 26.8 Å². The van der Waals surface area contributed by atoms with Gasteiger partial charge >= 0.3 is 5.97 Å². The zero-order valence-corrected chi connectivity index (χ0v) is 10.0. The van der Waals surface area contributed by atoms with Crippen molar-refractivity contribution in [3.05, 3.63) is 11.6 Å². The van der Waals surface area contributed by atoms with Crippen LogP contribution in [0.15, 0.2) is 11.6 Å². The third kappa shape index (κ3) is 1.82. The lowest BCUT2D eigenvalue weighted by molar-refractivity contribution is -0.142. The number of hydrogen-bond donors (Lipinski definition) is 0. The molecule has 84 valence electrons. The topological polar surface area (TPSA) is 26.3 Å². The zero-order chi connectivity index (χ0) is 11.2. The molecule has 2 nitrogen and oxygen atoms in total. The Balaban J connectivity index is 1.97. The standard InChI is InChI=1S/C13H20O2/c1-8-5-11-12(13(11,3)4)6-10(8)7-15-9(2)14/h5,10-12H,6-7H2,1-4H3. The number of allylic oxidation sites excluding steroid dienone is 1. The molecule has 0 aromatic rings. The zero-order valence-electron chi connectivity index (χ0n) is 10.0. The van der Waals surface area contributed by atoms with Crippen LogP contribution in [0.25, 0.3) is 0 Å². The molecule has 0 heterocycles. The van der Waals surface area contributed by atoms with Crippen LogP contribution in [0.4, 0.5) is 0 Å². The van der Waals surface area contributed by atoms with Gasteiger partial charge in [-0.05, 0) is 30.6 Å². The van der Waals surface area contributed by atoms with E-state index in [1.54, 1.807) is 0 Å². The largest absolute Gasteiger partial charge is 0.465 e. The maximum Gasteiger partial charge on any atom is 0.302 e. The van der Waals surface area contributed by atoms with Crippen molar-refractivity contribution in [3.8, 4) is 0 Å². The fourth-order valence-corrected chi connectivity index (χ4v) is 2.90. The summed E-state index contributed by atoms with van der Waals surface area (Å²) in [5.41, 5.74) is 1.88. The summed E-state index contributed by atoms with van der Waals surface area (Å²) in [6.07, 6.45) is 3.58. The highest BCUT2D eigenvalue weighted by atomic mass is 16.5. The summed E-state index contributed by atoms with van der Waals surface area (Å²) in [5, 5.41) is 0. The molecule has 0 aliphatic heterocycles. The monoisotopic (exact) mass is 208 g/mol. The molecular weight excluding hydrogens is 188 g/mol. The summed E-state index contributed by atoms with van der Waals surface area (Å²) in [6.45, 7) is 8.88. The minimum Gasteiger partial charge on any atom is -0.465 e. The van der Waals surface area contributed by atoms with Crippen molar-refractivity contribution >= 4 is 5.97 Å². The second kappa shape index (κ2) is 3.36. The first kappa shape index (κ1) is 10.7. The SMILES string of the molecule is CC(=O)OCC1CC2C(C=C1C)C2(C)C. The van der Waals surface area contributed by atoms with Crippen molar-refractivity contribution in [1.29, 1.82) is 0 Å². The Labute approximate surface area is 91.7 Å². The van der Waals surface area contributed by atoms with Gasteiger partial charge in [0, 0.05) is 12.8 Å². The first-order valence-corrected chi connectivity index (χ1v) is 5.74. The van der Waals surface area contributed by atoms with Crippen LogP contribution in [0.2, 0.25) is 0 Å². The molecule has 0 radical (unpaired) electrons. The highest BCUT2D eigenvalue weighted by Gasteiger charge is 2.58. The van der Waals surface area contributed by atoms with Gasteiger partial charge < -0.3 is 4.74 Å². The van der Waals surface area contributed by atoms with Gasteiger partial charge in [-0.2, -0.15) is 0 Å². The van der Waals surface area contributed by atoms with Crippen molar-refractivity contribution < 1.29 is 9.53 Å². The minimum atomic E-state index is -0.167. The van der Waals surface area contributed by atoms with E-state index in [1.807, 2.05) is 0 Å². The fourth-order valence-electron chi connectivity index (χ4n) is 2.90. The van der Waals surface area contributed by atoms with E-state index in [-0.39, 0.29) is 5.97 Å². The quantitative estimate of drug-likeness (QED) is 0.515. The molecule has 1 fully saturated rings. The summed E-state index contributed by atoms with van der Waals surface area (Å²) in [5.74, 6) is 1.87. The molecule has 0 aromatic carbocycles. The maximum absolute atomic E-state index is 10.8. The molecule has 0 amide bonds. The molecule has 3 unspecified atom stereocenters. The van der Waals surface area contributed by atoms with Crippen LogP contribution in [0.1, 0.15) is 34.1 Å². The van der Waals surface area contributed by atoms with Gasteiger partial charge in [-0.3, -0.25) is 4.79 Å². The van der Waals surface area contributed by atoms with Crippen molar-refractivity contribution in [3.63, 3.8) is 0 Å². The number of fused-ring (bicyclic) bond motifs is 1. The van der Waals surface area contributed by atoms with Crippen molar-refractivity contribution in [2.45, 2.75) is 34.1 Å². The van der Waals surface area contributed by atoms with Gasteiger partial charge in [-0.15, -0.1) is 0 Å². The second-order valence-corrected chi connectivity index (χ2v) is 5.60. The van der Waals surface area contributed by atoms with E-state index in [9.17, 15) is 4.79 Å². The predicted molar refractivity (Wildman–Crippen MR) is 59.3 cm³/mol. The first-order valence-electron chi connectivity index (χ1n) is 5.74. The number of ether oxygens (including phenoxy) is 1. The van der Waals surface area contributed by atoms with Gasteiger partial charge in [0.25, 0.3) is 0 Å². The predicted octanol–water partition coefficient (Wildman–Crippen LogP) is 2.79. The Morgan fingerprint density at radius 2 is 2.27 bits per heavy atom. The minimum absolute atomic E-state index is 0.167. The van der Waals surface area contributed by atoms with Crippen molar-refractivity contribution in [2.24, 2.45) is 23.2 Å². The summed E-state index contributed by atoms with van der Waals surface area (Å²) >= 11 is 0. The molecule has 2 aliphatic rings. The molecule has 2 aliphatic carbocycles. The average molecular weight is 208 g/mol. The van der Waals surface area contributed by atoms with E-state index in [0.717, 1.165) is 11.8 Å². The lowest BCUT2D eigenvalue weighted by Crippen LogP contribution is -2.17. The van der Waals surface area contributed by atoms with E-state index in [4.69, 9.17) is 4.74 Å². The van der Waals surface area contributed by atoms with Crippen molar-refractivity contribution in [1.82, 2.24) is 0 Å². The Kier molecular flexibility index (Phi) is 2.40. The Morgan fingerprint density at radius 3 is 2.87 bits per heavy atom. The number of carbonyl (C=O) groups excluding carboxylic acids is 1. The molecule has 3 atom stereocenters. The molecule has 0 bridgehead atoms. The van der Waals surface area contributed by atoms with E-state index in [0.29, 0.717) is 17.9 Å². The molecule has 0 aromatic heterocycles.